The van der Waals surface area contributed by atoms with Crippen molar-refractivity contribution in [2.24, 2.45) is 5.90 Å². The summed E-state index contributed by atoms with van der Waals surface area (Å²) in [5.74, 6) is 3.72. The third-order valence-electron chi connectivity index (χ3n) is 1.85. The summed E-state index contributed by atoms with van der Waals surface area (Å²) in [6, 6.07) is 3.18. The molecule has 2 nitrogen and oxygen atoms in total. The van der Waals surface area contributed by atoms with Crippen LogP contribution in [0.5, 0.6) is 0 Å². The standard InChI is InChI=1S/C9H11F2NO/c1-9(2,13-12)6-3-7(10)5-8(11)4-6/h3-5H,12H2,1-2H3. The second-order valence-electron chi connectivity index (χ2n) is 3.29. The zero-order valence-electron chi connectivity index (χ0n) is 7.47. The van der Waals surface area contributed by atoms with Gasteiger partial charge in [-0.2, -0.15) is 0 Å². The molecule has 0 saturated heterocycles. The van der Waals surface area contributed by atoms with E-state index in [-0.39, 0.29) is 0 Å². The lowest BCUT2D eigenvalue weighted by atomic mass is 9.98. The van der Waals surface area contributed by atoms with E-state index in [1.165, 1.54) is 12.1 Å². The van der Waals surface area contributed by atoms with Crippen molar-refractivity contribution in [3.8, 4) is 0 Å². The third-order valence-corrected chi connectivity index (χ3v) is 1.85. The summed E-state index contributed by atoms with van der Waals surface area (Å²) in [5.41, 5.74) is -0.518. The zero-order valence-corrected chi connectivity index (χ0v) is 7.47. The van der Waals surface area contributed by atoms with E-state index >= 15 is 0 Å². The predicted molar refractivity (Wildman–Crippen MR) is 44.7 cm³/mol. The molecular formula is C9H11F2NO. The Morgan fingerprint density at radius 2 is 1.62 bits per heavy atom. The Morgan fingerprint density at radius 1 is 1.15 bits per heavy atom. The van der Waals surface area contributed by atoms with Gasteiger partial charge in [-0.1, -0.05) is 0 Å². The van der Waals surface area contributed by atoms with Gasteiger partial charge >= 0.3 is 0 Å². The maximum atomic E-state index is 12.8. The van der Waals surface area contributed by atoms with Crippen molar-refractivity contribution in [2.45, 2.75) is 19.4 Å². The molecule has 0 aromatic heterocycles. The number of halogens is 2. The van der Waals surface area contributed by atoms with E-state index in [4.69, 9.17) is 5.90 Å². The molecule has 1 aromatic rings. The first-order valence-electron chi connectivity index (χ1n) is 3.80. The van der Waals surface area contributed by atoms with Crippen LogP contribution in [0.15, 0.2) is 18.2 Å². The second kappa shape index (κ2) is 3.40. The summed E-state index contributed by atoms with van der Waals surface area (Å²) < 4.78 is 25.5. The minimum absolute atomic E-state index is 0.368. The van der Waals surface area contributed by atoms with E-state index in [1.807, 2.05) is 0 Å². The first kappa shape index (κ1) is 10.1. The fourth-order valence-corrected chi connectivity index (χ4v) is 0.969. The van der Waals surface area contributed by atoms with Crippen LogP contribution in [0.4, 0.5) is 8.78 Å². The molecule has 72 valence electrons. The average molecular weight is 187 g/mol. The highest BCUT2D eigenvalue weighted by Gasteiger charge is 2.21. The van der Waals surface area contributed by atoms with Crippen LogP contribution in [0, 0.1) is 11.6 Å². The van der Waals surface area contributed by atoms with Crippen LogP contribution in [0.2, 0.25) is 0 Å². The molecule has 0 aliphatic heterocycles. The normalized spacial score (nSPS) is 11.8. The third kappa shape index (κ3) is 2.23. The Balaban J connectivity index is 3.15. The molecule has 0 spiro atoms. The van der Waals surface area contributed by atoms with Crippen molar-refractivity contribution < 1.29 is 13.6 Å². The second-order valence-corrected chi connectivity index (χ2v) is 3.29. The van der Waals surface area contributed by atoms with E-state index in [9.17, 15) is 8.78 Å². The summed E-state index contributed by atoms with van der Waals surface area (Å²) in [7, 11) is 0. The molecule has 0 heterocycles. The molecule has 1 aromatic carbocycles. The summed E-state index contributed by atoms with van der Waals surface area (Å²) in [6.45, 7) is 3.25. The molecule has 1 rings (SSSR count). The number of benzene rings is 1. The molecular weight excluding hydrogens is 176 g/mol. The van der Waals surface area contributed by atoms with Crippen LogP contribution in [-0.4, -0.2) is 0 Å². The molecule has 0 bridgehead atoms. The molecule has 0 radical (unpaired) electrons. The average Bonchev–Trinajstić information content (AvgIpc) is 2.02. The van der Waals surface area contributed by atoms with Crippen molar-refractivity contribution in [3.63, 3.8) is 0 Å². The van der Waals surface area contributed by atoms with Crippen molar-refractivity contribution in [2.75, 3.05) is 0 Å². The van der Waals surface area contributed by atoms with Gasteiger partial charge in [0.2, 0.25) is 0 Å². The number of rotatable bonds is 2. The Labute approximate surface area is 75.3 Å². The van der Waals surface area contributed by atoms with Gasteiger partial charge in [-0.05, 0) is 31.5 Å². The van der Waals surface area contributed by atoms with Gasteiger partial charge in [-0.15, -0.1) is 0 Å². The molecule has 0 atom stereocenters. The Bertz CT molecular complexity index is 292. The van der Waals surface area contributed by atoms with Crippen molar-refractivity contribution in [3.05, 3.63) is 35.4 Å². The van der Waals surface area contributed by atoms with Gasteiger partial charge < -0.3 is 0 Å². The van der Waals surface area contributed by atoms with Crippen LogP contribution in [0.25, 0.3) is 0 Å². The quantitative estimate of drug-likeness (QED) is 0.719. The molecule has 2 N–H and O–H groups in total. The number of hydrogen-bond donors (Lipinski definition) is 1. The van der Waals surface area contributed by atoms with Crippen LogP contribution in [-0.2, 0) is 10.4 Å². The summed E-state index contributed by atoms with van der Waals surface area (Å²) in [6.07, 6.45) is 0. The fraction of sp³-hybridized carbons (Fsp3) is 0.333. The van der Waals surface area contributed by atoms with Crippen LogP contribution < -0.4 is 5.90 Å². The smallest absolute Gasteiger partial charge is 0.126 e. The lowest BCUT2D eigenvalue weighted by molar-refractivity contribution is -0.0240. The summed E-state index contributed by atoms with van der Waals surface area (Å²) >= 11 is 0. The van der Waals surface area contributed by atoms with Crippen molar-refractivity contribution >= 4 is 0 Å². The SMILES string of the molecule is CC(C)(ON)c1cc(F)cc(F)c1. The molecule has 13 heavy (non-hydrogen) atoms. The largest absolute Gasteiger partial charge is 0.294 e. The highest BCUT2D eigenvalue weighted by atomic mass is 19.1. The van der Waals surface area contributed by atoms with Crippen molar-refractivity contribution in [1.29, 1.82) is 0 Å². The maximum absolute atomic E-state index is 12.8. The lowest BCUT2D eigenvalue weighted by Crippen LogP contribution is -2.25. The van der Waals surface area contributed by atoms with E-state index in [0.717, 1.165) is 6.07 Å². The Morgan fingerprint density at radius 3 is 2.00 bits per heavy atom. The first-order valence-corrected chi connectivity index (χ1v) is 3.80. The Hall–Kier alpha value is -1.00. The first-order chi connectivity index (χ1) is 5.95. The van der Waals surface area contributed by atoms with E-state index in [1.54, 1.807) is 13.8 Å². The molecule has 0 aliphatic carbocycles. The zero-order chi connectivity index (χ0) is 10.1. The molecule has 0 saturated carbocycles. The van der Waals surface area contributed by atoms with Crippen LogP contribution in [0.3, 0.4) is 0 Å². The van der Waals surface area contributed by atoms with Gasteiger partial charge in [0, 0.05) is 6.07 Å². The van der Waals surface area contributed by atoms with Crippen LogP contribution in [0.1, 0.15) is 19.4 Å². The van der Waals surface area contributed by atoms with Gasteiger partial charge in [0.05, 0.1) is 0 Å². The number of hydrogen-bond acceptors (Lipinski definition) is 2. The minimum Gasteiger partial charge on any atom is -0.294 e. The highest BCUT2D eigenvalue weighted by molar-refractivity contribution is 5.23. The van der Waals surface area contributed by atoms with Gasteiger partial charge in [-0.3, -0.25) is 4.84 Å². The highest BCUT2D eigenvalue weighted by Crippen LogP contribution is 2.24. The fourth-order valence-electron chi connectivity index (χ4n) is 0.969. The lowest BCUT2D eigenvalue weighted by Gasteiger charge is -2.22. The summed E-state index contributed by atoms with van der Waals surface area (Å²) in [5, 5.41) is 0. The van der Waals surface area contributed by atoms with Gasteiger partial charge in [-0.25, -0.2) is 14.7 Å². The molecule has 0 fully saturated rings. The van der Waals surface area contributed by atoms with Crippen molar-refractivity contribution in [1.82, 2.24) is 0 Å². The van der Waals surface area contributed by atoms with Gasteiger partial charge in [0.15, 0.2) is 0 Å². The van der Waals surface area contributed by atoms with Gasteiger partial charge in [0.25, 0.3) is 0 Å². The Kier molecular flexibility index (Phi) is 2.63. The minimum atomic E-state index is -0.886. The summed E-state index contributed by atoms with van der Waals surface area (Å²) in [4.78, 5) is 4.60. The van der Waals surface area contributed by atoms with Gasteiger partial charge in [0.1, 0.15) is 17.2 Å². The molecule has 0 amide bonds. The van der Waals surface area contributed by atoms with E-state index in [0.29, 0.717) is 5.56 Å². The van der Waals surface area contributed by atoms with E-state index < -0.39 is 17.2 Å². The maximum Gasteiger partial charge on any atom is 0.126 e. The molecule has 0 unspecified atom stereocenters. The number of nitrogens with two attached hydrogens (primary N) is 1. The van der Waals surface area contributed by atoms with E-state index in [2.05, 4.69) is 4.84 Å². The monoisotopic (exact) mass is 187 g/mol. The molecule has 0 aliphatic rings. The topological polar surface area (TPSA) is 35.2 Å². The van der Waals surface area contributed by atoms with Crippen LogP contribution >= 0.6 is 0 Å². The molecule has 4 heteroatoms. The predicted octanol–water partition coefficient (Wildman–Crippen LogP) is 2.09.